The highest BCUT2D eigenvalue weighted by molar-refractivity contribution is 7.89. The molecule has 1 aliphatic rings. The molecular formula is C22H25F3N2O4S. The normalized spacial score (nSPS) is 16.2. The number of amides is 1. The van der Waals surface area contributed by atoms with Crippen molar-refractivity contribution in [3.05, 3.63) is 59.4 Å². The van der Waals surface area contributed by atoms with Gasteiger partial charge in [0.1, 0.15) is 5.82 Å². The van der Waals surface area contributed by atoms with E-state index >= 15 is 0 Å². The van der Waals surface area contributed by atoms with Crippen molar-refractivity contribution in [1.82, 2.24) is 4.31 Å². The van der Waals surface area contributed by atoms with Gasteiger partial charge in [-0.1, -0.05) is 0 Å². The maximum absolute atomic E-state index is 14.3. The minimum Gasteiger partial charge on any atom is -0.390 e. The van der Waals surface area contributed by atoms with Crippen molar-refractivity contribution in [1.29, 1.82) is 0 Å². The molecule has 2 aromatic rings. The predicted molar refractivity (Wildman–Crippen MR) is 113 cm³/mol. The molecule has 2 N–H and O–H groups in total. The van der Waals surface area contributed by atoms with Gasteiger partial charge in [0.2, 0.25) is 10.0 Å². The molecule has 1 fully saturated rings. The number of rotatable bonds is 6. The average molecular weight is 471 g/mol. The largest absolute Gasteiger partial charge is 0.390 e. The molecule has 2 aromatic carbocycles. The van der Waals surface area contributed by atoms with Crippen molar-refractivity contribution in [2.75, 3.05) is 18.4 Å². The van der Waals surface area contributed by atoms with E-state index < -0.39 is 44.5 Å². The van der Waals surface area contributed by atoms with Gasteiger partial charge in [-0.05, 0) is 69.4 Å². The van der Waals surface area contributed by atoms with Crippen LogP contribution in [0.15, 0.2) is 41.3 Å². The quantitative estimate of drug-likeness (QED) is 0.670. The molecule has 1 heterocycles. The summed E-state index contributed by atoms with van der Waals surface area (Å²) in [4.78, 5) is 12.2. The summed E-state index contributed by atoms with van der Waals surface area (Å²) >= 11 is 0. The summed E-state index contributed by atoms with van der Waals surface area (Å²) in [6.07, 6.45) is 1.72. The average Bonchev–Trinajstić information content (AvgIpc) is 2.70. The van der Waals surface area contributed by atoms with Crippen molar-refractivity contribution in [3.8, 4) is 0 Å². The molecule has 1 saturated heterocycles. The van der Waals surface area contributed by atoms with Crippen molar-refractivity contribution in [3.63, 3.8) is 0 Å². The number of sulfonamides is 1. The Labute approximate surface area is 185 Å². The molecule has 174 valence electrons. The molecule has 0 atom stereocenters. The summed E-state index contributed by atoms with van der Waals surface area (Å²) < 4.78 is 68.0. The zero-order valence-electron chi connectivity index (χ0n) is 17.7. The second-order valence-corrected chi connectivity index (χ2v) is 10.5. The number of benzene rings is 2. The van der Waals surface area contributed by atoms with Gasteiger partial charge in [-0.15, -0.1) is 0 Å². The Morgan fingerprint density at radius 2 is 1.69 bits per heavy atom. The Hall–Kier alpha value is -2.43. The number of hydrogen-bond acceptors (Lipinski definition) is 4. The van der Waals surface area contributed by atoms with E-state index in [9.17, 15) is 31.5 Å². The molecular weight excluding hydrogens is 445 g/mol. The molecule has 10 heteroatoms. The first-order chi connectivity index (χ1) is 14.9. The van der Waals surface area contributed by atoms with Gasteiger partial charge in [-0.3, -0.25) is 4.79 Å². The molecule has 1 aliphatic heterocycles. The van der Waals surface area contributed by atoms with Crippen LogP contribution in [0.25, 0.3) is 0 Å². The molecule has 1 amide bonds. The molecule has 0 spiro atoms. The second kappa shape index (κ2) is 9.21. The highest BCUT2D eigenvalue weighted by Gasteiger charge is 2.32. The zero-order chi connectivity index (χ0) is 23.7. The first-order valence-corrected chi connectivity index (χ1v) is 11.6. The maximum Gasteiger partial charge on any atom is 0.258 e. The smallest absolute Gasteiger partial charge is 0.258 e. The Bertz CT molecular complexity index is 1110. The molecule has 0 unspecified atom stereocenters. The summed E-state index contributed by atoms with van der Waals surface area (Å²) in [6, 6.07) is 5.55. The summed E-state index contributed by atoms with van der Waals surface area (Å²) in [5, 5.41) is 12.2. The fourth-order valence-electron chi connectivity index (χ4n) is 3.82. The van der Waals surface area contributed by atoms with Gasteiger partial charge >= 0.3 is 0 Å². The van der Waals surface area contributed by atoms with Gasteiger partial charge in [0, 0.05) is 24.8 Å². The fraction of sp³-hybridized carbons (Fsp3) is 0.409. The minimum absolute atomic E-state index is 0.101. The van der Waals surface area contributed by atoms with Crippen LogP contribution < -0.4 is 5.32 Å². The number of aliphatic hydroxyl groups is 1. The van der Waals surface area contributed by atoms with E-state index in [1.807, 2.05) is 0 Å². The highest BCUT2D eigenvalue weighted by atomic mass is 32.2. The van der Waals surface area contributed by atoms with Crippen LogP contribution in [0, 0.1) is 23.4 Å². The van der Waals surface area contributed by atoms with Crippen molar-refractivity contribution < 1.29 is 31.5 Å². The summed E-state index contributed by atoms with van der Waals surface area (Å²) in [7, 11) is -3.97. The first-order valence-electron chi connectivity index (χ1n) is 10.2. The summed E-state index contributed by atoms with van der Waals surface area (Å²) in [5.41, 5.74) is -1.47. The van der Waals surface area contributed by atoms with Crippen LogP contribution in [0.3, 0.4) is 0 Å². The van der Waals surface area contributed by atoms with Gasteiger partial charge in [-0.25, -0.2) is 21.6 Å². The second-order valence-electron chi connectivity index (χ2n) is 8.59. The number of carbonyl (C=O) groups is 1. The van der Waals surface area contributed by atoms with Crippen LogP contribution in [-0.4, -0.2) is 42.4 Å². The third kappa shape index (κ3) is 5.67. The Morgan fingerprint density at radius 1 is 1.06 bits per heavy atom. The topological polar surface area (TPSA) is 86.7 Å². The van der Waals surface area contributed by atoms with Gasteiger partial charge in [0.05, 0.1) is 16.1 Å². The number of piperidine rings is 1. The van der Waals surface area contributed by atoms with Crippen LogP contribution in [0.5, 0.6) is 0 Å². The van der Waals surface area contributed by atoms with Gasteiger partial charge in [0.25, 0.3) is 5.91 Å². The van der Waals surface area contributed by atoms with Crippen LogP contribution in [0.1, 0.15) is 43.5 Å². The molecule has 0 bridgehead atoms. The first kappa shape index (κ1) is 24.2. The van der Waals surface area contributed by atoms with E-state index in [0.29, 0.717) is 19.3 Å². The molecule has 6 nitrogen and oxygen atoms in total. The minimum atomic E-state index is -3.97. The van der Waals surface area contributed by atoms with Crippen molar-refractivity contribution in [2.24, 2.45) is 5.92 Å². The number of anilines is 1. The van der Waals surface area contributed by atoms with E-state index in [4.69, 9.17) is 0 Å². The molecule has 0 aliphatic carbocycles. The van der Waals surface area contributed by atoms with Crippen LogP contribution in [-0.2, 0) is 10.0 Å². The highest BCUT2D eigenvalue weighted by Crippen LogP contribution is 2.29. The Kier molecular flexibility index (Phi) is 6.97. The summed E-state index contributed by atoms with van der Waals surface area (Å²) in [6.45, 7) is 3.91. The third-order valence-corrected chi connectivity index (χ3v) is 7.25. The lowest BCUT2D eigenvalue weighted by atomic mass is 9.87. The lowest BCUT2D eigenvalue weighted by Gasteiger charge is -2.33. The molecule has 0 aromatic heterocycles. The number of nitrogens with one attached hydrogen (secondary N) is 1. The zero-order valence-corrected chi connectivity index (χ0v) is 18.6. The van der Waals surface area contributed by atoms with Crippen LogP contribution in [0.4, 0.5) is 18.9 Å². The van der Waals surface area contributed by atoms with E-state index in [-0.39, 0.29) is 29.6 Å². The maximum atomic E-state index is 14.3. The molecule has 3 rings (SSSR count). The SMILES string of the molecule is CC(C)(O)CC1CCN(S(=O)(=O)c2ccc(F)c(C(=O)Nc3ccc(F)c(F)c3)c2)CC1. The molecule has 32 heavy (non-hydrogen) atoms. The lowest BCUT2D eigenvalue weighted by molar-refractivity contribution is 0.0433. The van der Waals surface area contributed by atoms with E-state index in [0.717, 1.165) is 36.4 Å². The third-order valence-electron chi connectivity index (χ3n) is 5.36. The molecule has 0 radical (unpaired) electrons. The van der Waals surface area contributed by atoms with Crippen LogP contribution >= 0.6 is 0 Å². The summed E-state index contributed by atoms with van der Waals surface area (Å²) in [5.74, 6) is -4.05. The van der Waals surface area contributed by atoms with Crippen LogP contribution in [0.2, 0.25) is 0 Å². The number of carbonyl (C=O) groups excluding carboxylic acids is 1. The number of hydrogen-bond donors (Lipinski definition) is 2. The number of nitrogens with zero attached hydrogens (tertiary/aromatic N) is 1. The molecule has 0 saturated carbocycles. The lowest BCUT2D eigenvalue weighted by Crippen LogP contribution is -2.40. The van der Waals surface area contributed by atoms with Crippen molar-refractivity contribution >= 4 is 21.6 Å². The van der Waals surface area contributed by atoms with E-state index in [1.165, 1.54) is 4.31 Å². The standard InChI is InChI=1S/C22H25F3N2O4S/c1-22(2,29)13-14-7-9-27(10-8-14)32(30,31)16-4-6-18(23)17(12-16)21(28)26-15-3-5-19(24)20(25)11-15/h3-6,11-12,14,29H,7-10,13H2,1-2H3,(H,26,28). The number of halogens is 3. The van der Waals surface area contributed by atoms with Gasteiger partial charge in [-0.2, -0.15) is 4.31 Å². The monoisotopic (exact) mass is 470 g/mol. The van der Waals surface area contributed by atoms with E-state index in [1.54, 1.807) is 13.8 Å². The predicted octanol–water partition coefficient (Wildman–Crippen LogP) is 3.92. The van der Waals surface area contributed by atoms with E-state index in [2.05, 4.69) is 5.32 Å². The van der Waals surface area contributed by atoms with Gasteiger partial charge in [0.15, 0.2) is 11.6 Å². The van der Waals surface area contributed by atoms with Gasteiger partial charge < -0.3 is 10.4 Å². The van der Waals surface area contributed by atoms with Crippen molar-refractivity contribution in [2.45, 2.75) is 43.6 Å². The fourth-order valence-corrected chi connectivity index (χ4v) is 5.32. The Morgan fingerprint density at radius 3 is 2.28 bits per heavy atom. The Balaban J connectivity index is 1.77.